The van der Waals surface area contributed by atoms with E-state index < -0.39 is 6.09 Å². The average molecular weight is 199 g/mol. The van der Waals surface area contributed by atoms with Gasteiger partial charge in [-0.05, 0) is 18.8 Å². The fourth-order valence-corrected chi connectivity index (χ4v) is 2.19. The summed E-state index contributed by atoms with van der Waals surface area (Å²) < 4.78 is 0. The summed E-state index contributed by atoms with van der Waals surface area (Å²) in [5.41, 5.74) is 0. The molecule has 0 heterocycles. The maximum Gasteiger partial charge on any atom is 0.407 e. The quantitative estimate of drug-likeness (QED) is 0.756. The van der Waals surface area contributed by atoms with Gasteiger partial charge in [0, 0.05) is 13.6 Å². The Kier molecular flexibility index (Phi) is 4.77. The Balaban J connectivity index is 2.05. The molecule has 3 heteroatoms. The highest BCUT2D eigenvalue weighted by molar-refractivity contribution is 5.64. The molecule has 14 heavy (non-hydrogen) atoms. The molecule has 0 aromatic heterocycles. The van der Waals surface area contributed by atoms with Crippen LogP contribution in [0.25, 0.3) is 0 Å². The number of hydrogen-bond donors (Lipinski definition) is 1. The van der Waals surface area contributed by atoms with E-state index in [1.165, 1.54) is 43.4 Å². The van der Waals surface area contributed by atoms with Gasteiger partial charge < -0.3 is 10.0 Å². The molecule has 1 aliphatic rings. The fraction of sp³-hybridized carbons (Fsp3) is 0.909. The van der Waals surface area contributed by atoms with Crippen molar-refractivity contribution >= 4 is 6.09 Å². The van der Waals surface area contributed by atoms with E-state index in [0.29, 0.717) is 6.54 Å². The van der Waals surface area contributed by atoms with E-state index in [1.807, 2.05) is 0 Å². The molecule has 0 aliphatic heterocycles. The van der Waals surface area contributed by atoms with Crippen molar-refractivity contribution in [1.82, 2.24) is 4.90 Å². The molecular weight excluding hydrogens is 178 g/mol. The van der Waals surface area contributed by atoms with Crippen LogP contribution in [0, 0.1) is 5.92 Å². The molecule has 0 atom stereocenters. The lowest BCUT2D eigenvalue weighted by atomic mass is 9.86. The van der Waals surface area contributed by atoms with Gasteiger partial charge in [0.25, 0.3) is 0 Å². The van der Waals surface area contributed by atoms with Crippen LogP contribution in [0.15, 0.2) is 0 Å². The number of amides is 1. The second-order valence-corrected chi connectivity index (χ2v) is 4.35. The van der Waals surface area contributed by atoms with Gasteiger partial charge in [0.15, 0.2) is 0 Å². The van der Waals surface area contributed by atoms with Crippen molar-refractivity contribution in [2.75, 3.05) is 13.6 Å². The van der Waals surface area contributed by atoms with Crippen LogP contribution < -0.4 is 0 Å². The third-order valence-corrected chi connectivity index (χ3v) is 3.16. The van der Waals surface area contributed by atoms with Gasteiger partial charge in [-0.15, -0.1) is 0 Å². The van der Waals surface area contributed by atoms with Crippen LogP contribution in [0.4, 0.5) is 4.79 Å². The minimum Gasteiger partial charge on any atom is -0.465 e. The van der Waals surface area contributed by atoms with Crippen LogP contribution in [0.3, 0.4) is 0 Å². The standard InChI is InChI=1S/C11H21NO2/c1-12(11(13)14)9-5-8-10-6-3-2-4-7-10/h10H,2-9H2,1H3,(H,13,14). The first kappa shape index (κ1) is 11.3. The lowest BCUT2D eigenvalue weighted by Crippen LogP contribution is -2.26. The Morgan fingerprint density at radius 2 is 2.00 bits per heavy atom. The summed E-state index contributed by atoms with van der Waals surface area (Å²) in [4.78, 5) is 11.9. The molecule has 0 bridgehead atoms. The van der Waals surface area contributed by atoms with Crippen molar-refractivity contribution in [3.63, 3.8) is 0 Å². The summed E-state index contributed by atoms with van der Waals surface area (Å²) >= 11 is 0. The van der Waals surface area contributed by atoms with E-state index in [-0.39, 0.29) is 0 Å². The fourth-order valence-electron chi connectivity index (χ4n) is 2.19. The largest absolute Gasteiger partial charge is 0.465 e. The van der Waals surface area contributed by atoms with Gasteiger partial charge in [0.2, 0.25) is 0 Å². The van der Waals surface area contributed by atoms with Crippen LogP contribution in [-0.4, -0.2) is 29.7 Å². The Labute approximate surface area is 86.1 Å². The molecule has 0 unspecified atom stereocenters. The Morgan fingerprint density at radius 3 is 2.57 bits per heavy atom. The van der Waals surface area contributed by atoms with Crippen molar-refractivity contribution in [3.05, 3.63) is 0 Å². The molecule has 1 N–H and O–H groups in total. The topological polar surface area (TPSA) is 40.5 Å². The molecule has 1 aliphatic carbocycles. The zero-order valence-corrected chi connectivity index (χ0v) is 9.04. The molecule has 1 fully saturated rings. The second-order valence-electron chi connectivity index (χ2n) is 4.35. The number of nitrogens with zero attached hydrogens (tertiary/aromatic N) is 1. The monoisotopic (exact) mass is 199 g/mol. The highest BCUT2D eigenvalue weighted by Crippen LogP contribution is 2.27. The van der Waals surface area contributed by atoms with Gasteiger partial charge in [-0.25, -0.2) is 4.79 Å². The van der Waals surface area contributed by atoms with Gasteiger partial charge in [-0.1, -0.05) is 32.1 Å². The van der Waals surface area contributed by atoms with E-state index in [2.05, 4.69) is 0 Å². The molecular formula is C11H21NO2. The molecule has 1 saturated carbocycles. The first-order chi connectivity index (χ1) is 6.70. The minimum atomic E-state index is -0.811. The van der Waals surface area contributed by atoms with E-state index >= 15 is 0 Å². The van der Waals surface area contributed by atoms with Crippen LogP contribution in [0.5, 0.6) is 0 Å². The smallest absolute Gasteiger partial charge is 0.407 e. The van der Waals surface area contributed by atoms with Gasteiger partial charge in [-0.2, -0.15) is 0 Å². The summed E-state index contributed by atoms with van der Waals surface area (Å²) in [6.07, 6.45) is 8.27. The highest BCUT2D eigenvalue weighted by atomic mass is 16.4. The molecule has 82 valence electrons. The van der Waals surface area contributed by atoms with Crippen molar-refractivity contribution in [2.45, 2.75) is 44.9 Å². The molecule has 1 amide bonds. The SMILES string of the molecule is CN(CCCC1CCCCC1)C(=O)O. The summed E-state index contributed by atoms with van der Waals surface area (Å²) in [6, 6.07) is 0. The summed E-state index contributed by atoms with van der Waals surface area (Å²) in [7, 11) is 1.64. The molecule has 3 nitrogen and oxygen atoms in total. The lowest BCUT2D eigenvalue weighted by Gasteiger charge is -2.22. The zero-order valence-electron chi connectivity index (χ0n) is 9.04. The highest BCUT2D eigenvalue weighted by Gasteiger charge is 2.13. The van der Waals surface area contributed by atoms with Crippen molar-refractivity contribution in [3.8, 4) is 0 Å². The predicted octanol–water partition coefficient (Wildman–Crippen LogP) is 2.96. The summed E-state index contributed by atoms with van der Waals surface area (Å²) in [6.45, 7) is 0.686. The maximum absolute atomic E-state index is 10.5. The number of carboxylic acid groups (broad SMARTS) is 1. The van der Waals surface area contributed by atoms with Crippen molar-refractivity contribution in [2.24, 2.45) is 5.92 Å². The number of hydrogen-bond acceptors (Lipinski definition) is 1. The van der Waals surface area contributed by atoms with Gasteiger partial charge in [0.05, 0.1) is 0 Å². The number of carbonyl (C=O) groups is 1. The van der Waals surface area contributed by atoms with E-state index in [9.17, 15) is 4.79 Å². The number of rotatable bonds is 4. The maximum atomic E-state index is 10.5. The van der Waals surface area contributed by atoms with Gasteiger partial charge in [0.1, 0.15) is 0 Å². The van der Waals surface area contributed by atoms with Crippen molar-refractivity contribution in [1.29, 1.82) is 0 Å². The predicted molar refractivity (Wildman–Crippen MR) is 56.5 cm³/mol. The first-order valence-corrected chi connectivity index (χ1v) is 5.64. The molecule has 0 saturated heterocycles. The average Bonchev–Trinajstić information content (AvgIpc) is 2.19. The van der Waals surface area contributed by atoms with Gasteiger partial charge in [-0.3, -0.25) is 0 Å². The normalized spacial score (nSPS) is 18.1. The molecule has 0 aromatic carbocycles. The first-order valence-electron chi connectivity index (χ1n) is 5.64. The Bertz CT molecular complexity index is 176. The molecule has 0 spiro atoms. The van der Waals surface area contributed by atoms with Crippen LogP contribution in [-0.2, 0) is 0 Å². The zero-order chi connectivity index (χ0) is 10.4. The van der Waals surface area contributed by atoms with Crippen LogP contribution in [0.2, 0.25) is 0 Å². The Morgan fingerprint density at radius 1 is 1.36 bits per heavy atom. The molecule has 0 aromatic rings. The second kappa shape index (κ2) is 5.89. The third kappa shape index (κ3) is 3.99. The van der Waals surface area contributed by atoms with E-state index in [0.717, 1.165) is 12.3 Å². The summed E-state index contributed by atoms with van der Waals surface area (Å²) in [5.74, 6) is 0.867. The van der Waals surface area contributed by atoms with Crippen molar-refractivity contribution < 1.29 is 9.90 Å². The Hall–Kier alpha value is -0.730. The third-order valence-electron chi connectivity index (χ3n) is 3.16. The minimum absolute atomic E-state index is 0.686. The van der Waals surface area contributed by atoms with Crippen LogP contribution in [0.1, 0.15) is 44.9 Å². The lowest BCUT2D eigenvalue weighted by molar-refractivity contribution is 0.154. The van der Waals surface area contributed by atoms with E-state index in [4.69, 9.17) is 5.11 Å². The summed E-state index contributed by atoms with van der Waals surface area (Å²) in [5, 5.41) is 8.64. The molecule has 1 rings (SSSR count). The van der Waals surface area contributed by atoms with Crippen LogP contribution >= 0.6 is 0 Å². The molecule has 0 radical (unpaired) electrons. The van der Waals surface area contributed by atoms with Gasteiger partial charge >= 0.3 is 6.09 Å². The van der Waals surface area contributed by atoms with E-state index in [1.54, 1.807) is 7.05 Å².